The zero-order valence-corrected chi connectivity index (χ0v) is 15.9. The molecule has 1 amide bonds. The molecule has 0 unspecified atom stereocenters. The van der Waals surface area contributed by atoms with Crippen LogP contribution in [0.3, 0.4) is 0 Å². The number of benzene rings is 2. The Hall–Kier alpha value is -3.61. The molecular weight excluding hydrogens is 369 g/mol. The molecule has 146 valence electrons. The lowest BCUT2D eigenvalue weighted by molar-refractivity contribution is 0.0952. The van der Waals surface area contributed by atoms with Gasteiger partial charge in [0.1, 0.15) is 18.0 Å². The minimum atomic E-state index is -0.478. The summed E-state index contributed by atoms with van der Waals surface area (Å²) in [6.45, 7) is 2.51. The molecule has 0 aliphatic rings. The van der Waals surface area contributed by atoms with Crippen molar-refractivity contribution in [2.45, 2.75) is 19.8 Å². The number of aromatic amines is 1. The fourth-order valence-corrected chi connectivity index (χ4v) is 3.19. The van der Waals surface area contributed by atoms with Gasteiger partial charge in [-0.25, -0.2) is 19.3 Å². The molecule has 0 bridgehead atoms. The molecule has 0 radical (unpaired) electrons. The van der Waals surface area contributed by atoms with Crippen molar-refractivity contribution in [1.29, 1.82) is 0 Å². The minimum absolute atomic E-state index is 0.267. The summed E-state index contributed by atoms with van der Waals surface area (Å²) in [6, 6.07) is 10.3. The molecule has 6 nitrogen and oxygen atoms in total. The summed E-state index contributed by atoms with van der Waals surface area (Å²) in [7, 11) is 0. The predicted molar refractivity (Wildman–Crippen MR) is 109 cm³/mol. The topological polar surface area (TPSA) is 83.6 Å². The van der Waals surface area contributed by atoms with E-state index in [0.29, 0.717) is 24.1 Å². The van der Waals surface area contributed by atoms with E-state index in [1.807, 2.05) is 19.1 Å². The third kappa shape index (κ3) is 4.45. The molecule has 0 saturated carbocycles. The summed E-state index contributed by atoms with van der Waals surface area (Å²) in [4.78, 5) is 28.2. The Morgan fingerprint density at radius 3 is 2.76 bits per heavy atom. The van der Waals surface area contributed by atoms with Crippen LogP contribution in [0.2, 0.25) is 0 Å². The van der Waals surface area contributed by atoms with Crippen molar-refractivity contribution in [3.8, 4) is 11.1 Å². The summed E-state index contributed by atoms with van der Waals surface area (Å²) >= 11 is 0. The van der Waals surface area contributed by atoms with Gasteiger partial charge in [-0.3, -0.25) is 4.79 Å². The highest BCUT2D eigenvalue weighted by Gasteiger charge is 2.10. The van der Waals surface area contributed by atoms with Gasteiger partial charge in [0.15, 0.2) is 0 Å². The third-order valence-corrected chi connectivity index (χ3v) is 4.62. The highest BCUT2D eigenvalue weighted by Crippen LogP contribution is 2.20. The van der Waals surface area contributed by atoms with E-state index in [1.54, 1.807) is 18.5 Å². The van der Waals surface area contributed by atoms with Gasteiger partial charge in [0.05, 0.1) is 11.0 Å². The molecule has 29 heavy (non-hydrogen) atoms. The van der Waals surface area contributed by atoms with E-state index in [1.165, 1.54) is 24.0 Å². The van der Waals surface area contributed by atoms with Crippen LogP contribution >= 0.6 is 0 Å². The molecule has 0 atom stereocenters. The highest BCUT2D eigenvalue weighted by atomic mass is 19.1. The van der Waals surface area contributed by atoms with Gasteiger partial charge in [-0.1, -0.05) is 6.07 Å². The number of hydrogen-bond donors (Lipinski definition) is 2. The number of halogens is 1. The van der Waals surface area contributed by atoms with E-state index in [2.05, 4.69) is 31.3 Å². The number of aromatic nitrogens is 4. The number of H-pyrrole nitrogens is 1. The normalized spacial score (nSPS) is 11.0. The number of imidazole rings is 1. The van der Waals surface area contributed by atoms with Crippen LogP contribution in [0.5, 0.6) is 0 Å². The molecule has 2 aromatic carbocycles. The van der Waals surface area contributed by atoms with Crippen molar-refractivity contribution in [2.75, 3.05) is 6.54 Å². The van der Waals surface area contributed by atoms with Crippen molar-refractivity contribution in [1.82, 2.24) is 25.3 Å². The fraction of sp³-hybridized carbons (Fsp3) is 0.182. The van der Waals surface area contributed by atoms with Gasteiger partial charge in [-0.2, -0.15) is 0 Å². The number of nitrogens with one attached hydrogen (secondary N) is 2. The van der Waals surface area contributed by atoms with Gasteiger partial charge in [0.25, 0.3) is 5.91 Å². The Kier molecular flexibility index (Phi) is 5.29. The zero-order chi connectivity index (χ0) is 20.2. The lowest BCUT2D eigenvalue weighted by atomic mass is 10.0. The molecule has 0 saturated heterocycles. The zero-order valence-electron chi connectivity index (χ0n) is 15.9. The quantitative estimate of drug-likeness (QED) is 0.491. The molecule has 4 rings (SSSR count). The smallest absolute Gasteiger partial charge is 0.251 e. The second-order valence-corrected chi connectivity index (χ2v) is 6.92. The summed E-state index contributed by atoms with van der Waals surface area (Å²) < 4.78 is 14.0. The van der Waals surface area contributed by atoms with E-state index in [0.717, 1.165) is 23.3 Å². The highest BCUT2D eigenvalue weighted by molar-refractivity contribution is 5.95. The summed E-state index contributed by atoms with van der Waals surface area (Å²) in [5, 5.41) is 2.84. The van der Waals surface area contributed by atoms with Crippen molar-refractivity contribution in [2.24, 2.45) is 0 Å². The van der Waals surface area contributed by atoms with Crippen LogP contribution in [0.25, 0.3) is 22.2 Å². The molecule has 0 fully saturated rings. The summed E-state index contributed by atoms with van der Waals surface area (Å²) in [6.07, 6.45) is 6.00. The molecular formula is C22H20FN5O. The van der Waals surface area contributed by atoms with Gasteiger partial charge < -0.3 is 10.3 Å². The van der Waals surface area contributed by atoms with E-state index >= 15 is 0 Å². The number of amides is 1. The van der Waals surface area contributed by atoms with Crippen LogP contribution in [0.1, 0.15) is 28.2 Å². The summed E-state index contributed by atoms with van der Waals surface area (Å²) in [5.41, 5.74) is 4.61. The Morgan fingerprint density at radius 1 is 1.10 bits per heavy atom. The lowest BCUT2D eigenvalue weighted by Gasteiger charge is -2.07. The maximum atomic E-state index is 14.0. The largest absolute Gasteiger partial charge is 0.352 e. The van der Waals surface area contributed by atoms with Crippen molar-refractivity contribution >= 4 is 16.9 Å². The van der Waals surface area contributed by atoms with Crippen molar-refractivity contribution in [3.63, 3.8) is 0 Å². The number of fused-ring (bicyclic) bond motifs is 1. The first-order valence-corrected chi connectivity index (χ1v) is 9.38. The minimum Gasteiger partial charge on any atom is -0.352 e. The average Bonchev–Trinajstić information content (AvgIpc) is 3.13. The molecule has 0 aliphatic carbocycles. The first-order chi connectivity index (χ1) is 14.1. The van der Waals surface area contributed by atoms with Crippen LogP contribution < -0.4 is 5.32 Å². The first kappa shape index (κ1) is 18.7. The molecule has 2 aromatic heterocycles. The van der Waals surface area contributed by atoms with Crippen molar-refractivity contribution in [3.05, 3.63) is 77.9 Å². The third-order valence-electron chi connectivity index (χ3n) is 4.62. The second-order valence-electron chi connectivity index (χ2n) is 6.92. The SMILES string of the molecule is Cc1ccc2nc(CCCNC(=O)c3cc(F)cc(-c4cncnc4)c3)[nH]c2c1. The van der Waals surface area contributed by atoms with E-state index in [9.17, 15) is 9.18 Å². The maximum Gasteiger partial charge on any atom is 0.251 e. The molecule has 2 heterocycles. The van der Waals surface area contributed by atoms with E-state index < -0.39 is 5.82 Å². The molecule has 0 aliphatic heterocycles. The van der Waals surface area contributed by atoms with Gasteiger partial charge in [0, 0.05) is 36.5 Å². The number of nitrogens with zero attached hydrogens (tertiary/aromatic N) is 3. The number of hydrogen-bond acceptors (Lipinski definition) is 4. The van der Waals surface area contributed by atoms with Crippen LogP contribution in [-0.4, -0.2) is 32.4 Å². The number of carbonyl (C=O) groups excluding carboxylic acids is 1. The van der Waals surface area contributed by atoms with Crippen LogP contribution in [0.15, 0.2) is 55.1 Å². The summed E-state index contributed by atoms with van der Waals surface area (Å²) in [5.74, 6) is 0.0915. The average molecular weight is 389 g/mol. The standard InChI is InChI=1S/C22H20FN5O/c1-14-4-5-19-20(7-14)28-21(27-19)3-2-6-26-22(29)16-8-15(9-18(23)10-16)17-11-24-13-25-12-17/h4-5,7-13H,2-3,6H2,1H3,(H,26,29)(H,27,28). The number of carbonyl (C=O) groups is 1. The second kappa shape index (κ2) is 8.18. The van der Waals surface area contributed by atoms with Crippen LogP contribution in [-0.2, 0) is 6.42 Å². The Balaban J connectivity index is 1.36. The Morgan fingerprint density at radius 2 is 1.93 bits per heavy atom. The van der Waals surface area contributed by atoms with Gasteiger partial charge in [-0.05, 0) is 54.8 Å². The Bertz CT molecular complexity index is 1160. The number of rotatable bonds is 6. The van der Waals surface area contributed by atoms with E-state index in [-0.39, 0.29) is 11.5 Å². The predicted octanol–water partition coefficient (Wildman–Crippen LogP) is 3.83. The van der Waals surface area contributed by atoms with Gasteiger partial charge in [0.2, 0.25) is 0 Å². The first-order valence-electron chi connectivity index (χ1n) is 9.38. The number of aryl methyl sites for hydroxylation is 2. The van der Waals surface area contributed by atoms with Crippen LogP contribution in [0.4, 0.5) is 4.39 Å². The van der Waals surface area contributed by atoms with Crippen LogP contribution in [0, 0.1) is 12.7 Å². The Labute approximate surface area is 167 Å². The molecule has 2 N–H and O–H groups in total. The molecule has 0 spiro atoms. The molecule has 7 heteroatoms. The fourth-order valence-electron chi connectivity index (χ4n) is 3.19. The monoisotopic (exact) mass is 389 g/mol. The van der Waals surface area contributed by atoms with Gasteiger partial charge >= 0.3 is 0 Å². The van der Waals surface area contributed by atoms with Gasteiger partial charge in [-0.15, -0.1) is 0 Å². The lowest BCUT2D eigenvalue weighted by Crippen LogP contribution is -2.25. The van der Waals surface area contributed by atoms with Crippen molar-refractivity contribution < 1.29 is 9.18 Å². The maximum absolute atomic E-state index is 14.0. The molecule has 4 aromatic rings. The van der Waals surface area contributed by atoms with E-state index in [4.69, 9.17) is 0 Å².